The molecule has 0 saturated carbocycles. The van der Waals surface area contributed by atoms with Crippen molar-refractivity contribution in [2.45, 2.75) is 76.8 Å². The predicted octanol–water partition coefficient (Wildman–Crippen LogP) is -1.47. The summed E-state index contributed by atoms with van der Waals surface area (Å²) in [6, 6.07) is 1.99. The summed E-state index contributed by atoms with van der Waals surface area (Å²) in [7, 11) is 13.1. The minimum absolute atomic E-state index is 0. The Bertz CT molecular complexity index is 300. The van der Waals surface area contributed by atoms with Gasteiger partial charge in [0.2, 0.25) is 0 Å². The fourth-order valence-corrected chi connectivity index (χ4v) is 4.23. The Morgan fingerprint density at radius 3 is 1.44 bits per heavy atom. The molecular formula is C18H43N6Na. The summed E-state index contributed by atoms with van der Waals surface area (Å²) >= 11 is 0. The van der Waals surface area contributed by atoms with E-state index in [1.165, 1.54) is 0 Å². The number of nitrogens with zero attached hydrogens (tertiary/aromatic N) is 4. The first-order chi connectivity index (χ1) is 11.3. The maximum Gasteiger partial charge on any atom is 1.00 e. The third kappa shape index (κ3) is 7.01. The molecule has 1 fully saturated rings. The summed E-state index contributed by atoms with van der Waals surface area (Å²) in [4.78, 5) is 7.02. The standard InChI is InChI=1S/C18H42N6.Na.H/c1-10-16(21(4)5)14-13-15(17(11-2)22(6)7)20-24(19-14)18(12-3)23(8)9;;/h14-20H,10-13H2,1-9H3;;/q;+1;-1. The molecule has 0 bridgehead atoms. The number of hydrazine groups is 2. The van der Waals surface area contributed by atoms with Gasteiger partial charge >= 0.3 is 29.6 Å². The smallest absolute Gasteiger partial charge is 1.00 e. The summed E-state index contributed by atoms with van der Waals surface area (Å²) in [5.74, 6) is 0. The minimum atomic E-state index is 0. The Morgan fingerprint density at radius 1 is 0.800 bits per heavy atom. The maximum absolute atomic E-state index is 3.79. The van der Waals surface area contributed by atoms with Gasteiger partial charge in [-0.2, -0.15) is 5.12 Å². The van der Waals surface area contributed by atoms with Crippen molar-refractivity contribution < 1.29 is 31.0 Å². The van der Waals surface area contributed by atoms with Gasteiger partial charge in [0, 0.05) is 24.2 Å². The van der Waals surface area contributed by atoms with Crippen LogP contribution < -0.4 is 40.4 Å². The van der Waals surface area contributed by atoms with Gasteiger partial charge in [-0.05, 0) is 68.0 Å². The van der Waals surface area contributed by atoms with Gasteiger partial charge in [0.1, 0.15) is 0 Å². The van der Waals surface area contributed by atoms with Crippen LogP contribution in [0.4, 0.5) is 0 Å². The molecule has 1 saturated heterocycles. The topological polar surface area (TPSA) is 37.0 Å². The molecule has 146 valence electrons. The normalized spacial score (nSPS) is 25.9. The number of likely N-dealkylation sites (N-methyl/N-ethyl adjacent to an activating group) is 2. The molecule has 0 aromatic carbocycles. The first-order valence-corrected chi connectivity index (χ1v) is 9.57. The van der Waals surface area contributed by atoms with Crippen LogP contribution in [0.3, 0.4) is 0 Å². The zero-order chi connectivity index (χ0) is 18.4. The summed E-state index contributed by atoms with van der Waals surface area (Å²) in [6.07, 6.45) is 4.87. The molecule has 1 aliphatic heterocycles. The van der Waals surface area contributed by atoms with Crippen molar-refractivity contribution in [1.82, 2.24) is 30.7 Å². The first-order valence-electron chi connectivity index (χ1n) is 9.57. The summed E-state index contributed by atoms with van der Waals surface area (Å²) in [5.41, 5.74) is 7.57. The molecule has 0 amide bonds. The van der Waals surface area contributed by atoms with Crippen molar-refractivity contribution in [2.24, 2.45) is 0 Å². The van der Waals surface area contributed by atoms with E-state index >= 15 is 0 Å². The second kappa shape index (κ2) is 12.3. The van der Waals surface area contributed by atoms with Crippen LogP contribution in [-0.4, -0.2) is 92.4 Å². The van der Waals surface area contributed by atoms with Crippen molar-refractivity contribution >= 4 is 0 Å². The Morgan fingerprint density at radius 2 is 1.20 bits per heavy atom. The molecule has 25 heavy (non-hydrogen) atoms. The van der Waals surface area contributed by atoms with Gasteiger partial charge in [0.05, 0.1) is 6.17 Å². The molecule has 5 unspecified atom stereocenters. The largest absolute Gasteiger partial charge is 1.00 e. The third-order valence-corrected chi connectivity index (χ3v) is 5.47. The van der Waals surface area contributed by atoms with Crippen molar-refractivity contribution in [2.75, 3.05) is 42.3 Å². The molecule has 0 aromatic heterocycles. The zero-order valence-electron chi connectivity index (χ0n) is 19.5. The van der Waals surface area contributed by atoms with Crippen molar-refractivity contribution in [3.8, 4) is 0 Å². The van der Waals surface area contributed by atoms with Crippen molar-refractivity contribution in [3.63, 3.8) is 0 Å². The number of rotatable bonds is 9. The molecule has 1 heterocycles. The van der Waals surface area contributed by atoms with E-state index in [-0.39, 0.29) is 31.0 Å². The van der Waals surface area contributed by atoms with Crippen LogP contribution in [0.1, 0.15) is 47.9 Å². The van der Waals surface area contributed by atoms with Crippen LogP contribution in [0.2, 0.25) is 0 Å². The number of hydrogen-bond acceptors (Lipinski definition) is 6. The molecule has 0 aliphatic carbocycles. The molecule has 5 atom stereocenters. The Labute approximate surface area is 180 Å². The maximum atomic E-state index is 3.79. The molecule has 0 radical (unpaired) electrons. The van der Waals surface area contributed by atoms with Crippen molar-refractivity contribution in [3.05, 3.63) is 0 Å². The van der Waals surface area contributed by atoms with Crippen LogP contribution in [0.5, 0.6) is 0 Å². The van der Waals surface area contributed by atoms with Crippen LogP contribution >= 0.6 is 0 Å². The van der Waals surface area contributed by atoms with Gasteiger partial charge in [-0.1, -0.05) is 20.8 Å². The fourth-order valence-electron chi connectivity index (χ4n) is 4.23. The van der Waals surface area contributed by atoms with Gasteiger partial charge in [0.25, 0.3) is 0 Å². The van der Waals surface area contributed by atoms with E-state index in [0.717, 1.165) is 25.7 Å². The van der Waals surface area contributed by atoms with Crippen molar-refractivity contribution in [1.29, 1.82) is 0 Å². The van der Waals surface area contributed by atoms with Gasteiger partial charge in [-0.25, -0.2) is 10.9 Å². The van der Waals surface area contributed by atoms with Gasteiger partial charge in [-0.15, -0.1) is 0 Å². The monoisotopic (exact) mass is 366 g/mol. The zero-order valence-corrected chi connectivity index (χ0v) is 20.5. The summed E-state index contributed by atoms with van der Waals surface area (Å²) in [5, 5.41) is 2.27. The molecule has 6 nitrogen and oxygen atoms in total. The molecule has 1 aliphatic rings. The Hall–Kier alpha value is 0.760. The van der Waals surface area contributed by atoms with Crippen LogP contribution in [-0.2, 0) is 0 Å². The van der Waals surface area contributed by atoms with Gasteiger partial charge in [-0.3, -0.25) is 4.90 Å². The molecule has 7 heteroatoms. The number of nitrogens with one attached hydrogen (secondary N) is 2. The van der Waals surface area contributed by atoms with Crippen LogP contribution in [0.25, 0.3) is 0 Å². The molecule has 0 spiro atoms. The van der Waals surface area contributed by atoms with E-state index in [2.05, 4.69) is 93.7 Å². The quantitative estimate of drug-likeness (QED) is 0.486. The van der Waals surface area contributed by atoms with E-state index in [1.807, 2.05) is 0 Å². The average molecular weight is 367 g/mol. The minimum Gasteiger partial charge on any atom is -1.00 e. The Kier molecular flexibility index (Phi) is 12.6. The van der Waals surface area contributed by atoms with E-state index in [9.17, 15) is 0 Å². The van der Waals surface area contributed by atoms with E-state index in [1.54, 1.807) is 0 Å². The van der Waals surface area contributed by atoms with Gasteiger partial charge < -0.3 is 11.2 Å². The molecule has 1 rings (SSSR count). The third-order valence-electron chi connectivity index (χ3n) is 5.47. The number of hydrogen-bond donors (Lipinski definition) is 2. The molecule has 2 N–H and O–H groups in total. The predicted molar refractivity (Wildman–Crippen MR) is 105 cm³/mol. The SMILES string of the molecule is CCC(C1CC(C(CC)N(C)C)NN(C(CC)N(C)C)N1)N(C)C.[H-].[Na+]. The van der Waals surface area contributed by atoms with Gasteiger partial charge in [0.15, 0.2) is 0 Å². The first kappa shape index (κ1) is 25.8. The van der Waals surface area contributed by atoms with Crippen LogP contribution in [0, 0.1) is 0 Å². The van der Waals surface area contributed by atoms with Crippen LogP contribution in [0.15, 0.2) is 0 Å². The Balaban J connectivity index is 0. The second-order valence-corrected chi connectivity index (χ2v) is 7.81. The van der Waals surface area contributed by atoms with E-state index in [0.29, 0.717) is 30.3 Å². The fraction of sp³-hybridized carbons (Fsp3) is 1.00. The van der Waals surface area contributed by atoms with E-state index in [4.69, 9.17) is 0 Å². The summed E-state index contributed by atoms with van der Waals surface area (Å²) in [6.45, 7) is 6.83. The average Bonchev–Trinajstić information content (AvgIpc) is 2.48. The second-order valence-electron chi connectivity index (χ2n) is 7.81. The molecular weight excluding hydrogens is 323 g/mol. The summed E-state index contributed by atoms with van der Waals surface area (Å²) < 4.78 is 0. The van der Waals surface area contributed by atoms with E-state index < -0.39 is 0 Å². The molecule has 0 aromatic rings.